The first-order valence-electron chi connectivity index (χ1n) is 5.67. The Labute approximate surface area is 106 Å². The first kappa shape index (κ1) is 14.3. The summed E-state index contributed by atoms with van der Waals surface area (Å²) < 4.78 is 4.69. The molecule has 0 spiro atoms. The zero-order valence-electron chi connectivity index (χ0n) is 10.6. The van der Waals surface area contributed by atoms with E-state index >= 15 is 0 Å². The fourth-order valence-electron chi connectivity index (χ4n) is 1.87. The van der Waals surface area contributed by atoms with Crippen LogP contribution in [0.15, 0.2) is 0 Å². The van der Waals surface area contributed by atoms with Crippen molar-refractivity contribution < 1.29 is 14.3 Å². The standard InChI is InChI=1S/C11H20N2O3S/c1-8(14)12-10(11(15)16-3)6-13(2)9-4-5-17-7-9/h9-10H,4-7H2,1-3H3,(H,12,14). The molecule has 2 atom stereocenters. The zero-order chi connectivity index (χ0) is 12.8. The summed E-state index contributed by atoms with van der Waals surface area (Å²) in [5, 5.41) is 2.62. The van der Waals surface area contributed by atoms with Gasteiger partial charge in [-0.1, -0.05) is 0 Å². The molecule has 5 nitrogen and oxygen atoms in total. The van der Waals surface area contributed by atoms with Crippen LogP contribution in [0.1, 0.15) is 13.3 Å². The molecule has 1 N–H and O–H groups in total. The van der Waals surface area contributed by atoms with Crippen molar-refractivity contribution >= 4 is 23.6 Å². The van der Waals surface area contributed by atoms with Gasteiger partial charge in [-0.05, 0) is 19.2 Å². The second-order valence-electron chi connectivity index (χ2n) is 4.23. The number of nitrogens with zero attached hydrogens (tertiary/aromatic N) is 1. The highest BCUT2D eigenvalue weighted by molar-refractivity contribution is 7.99. The number of esters is 1. The number of ether oxygens (including phenoxy) is 1. The van der Waals surface area contributed by atoms with E-state index in [1.807, 2.05) is 18.8 Å². The maximum Gasteiger partial charge on any atom is 0.329 e. The van der Waals surface area contributed by atoms with Crippen LogP contribution in [0.2, 0.25) is 0 Å². The highest BCUT2D eigenvalue weighted by Gasteiger charge is 2.26. The van der Waals surface area contributed by atoms with Gasteiger partial charge in [-0.2, -0.15) is 11.8 Å². The molecule has 0 aromatic heterocycles. The Hall–Kier alpha value is -0.750. The first-order chi connectivity index (χ1) is 8.04. The summed E-state index contributed by atoms with van der Waals surface area (Å²) in [6.07, 6.45) is 1.13. The number of hydrogen-bond donors (Lipinski definition) is 1. The van der Waals surface area contributed by atoms with Gasteiger partial charge in [-0.15, -0.1) is 0 Å². The number of methoxy groups -OCH3 is 1. The molecule has 1 rings (SSSR count). The lowest BCUT2D eigenvalue weighted by Gasteiger charge is -2.27. The summed E-state index contributed by atoms with van der Waals surface area (Å²) in [5.74, 6) is 1.65. The quantitative estimate of drug-likeness (QED) is 0.711. The van der Waals surface area contributed by atoms with E-state index in [1.54, 1.807) is 0 Å². The van der Waals surface area contributed by atoms with Crippen LogP contribution in [0.4, 0.5) is 0 Å². The fraction of sp³-hybridized carbons (Fsp3) is 0.818. The summed E-state index contributed by atoms with van der Waals surface area (Å²) >= 11 is 1.92. The third kappa shape index (κ3) is 4.55. The SMILES string of the molecule is COC(=O)C(CN(C)C1CCSC1)NC(C)=O. The molecule has 1 aliphatic rings. The van der Waals surface area contributed by atoms with E-state index < -0.39 is 12.0 Å². The highest BCUT2D eigenvalue weighted by Crippen LogP contribution is 2.21. The Bertz CT molecular complexity index is 280. The van der Waals surface area contributed by atoms with Crippen molar-refractivity contribution in [2.24, 2.45) is 0 Å². The van der Waals surface area contributed by atoms with E-state index in [9.17, 15) is 9.59 Å². The molecule has 0 bridgehead atoms. The van der Waals surface area contributed by atoms with E-state index in [-0.39, 0.29) is 5.91 Å². The van der Waals surface area contributed by atoms with E-state index in [0.29, 0.717) is 12.6 Å². The molecule has 1 fully saturated rings. The van der Waals surface area contributed by atoms with Crippen LogP contribution in [0.25, 0.3) is 0 Å². The van der Waals surface area contributed by atoms with E-state index in [1.165, 1.54) is 14.0 Å². The number of likely N-dealkylation sites (N-methyl/N-ethyl adjacent to an activating group) is 1. The molecule has 98 valence electrons. The Morgan fingerprint density at radius 1 is 1.59 bits per heavy atom. The van der Waals surface area contributed by atoms with Crippen molar-refractivity contribution in [1.29, 1.82) is 0 Å². The maximum absolute atomic E-state index is 11.5. The minimum Gasteiger partial charge on any atom is -0.467 e. The van der Waals surface area contributed by atoms with Gasteiger partial charge in [-0.25, -0.2) is 4.79 Å². The number of carbonyl (C=O) groups excluding carboxylic acids is 2. The molecule has 1 heterocycles. The third-order valence-corrected chi connectivity index (χ3v) is 4.01. The molecule has 0 radical (unpaired) electrons. The van der Waals surface area contributed by atoms with Gasteiger partial charge in [0, 0.05) is 25.3 Å². The van der Waals surface area contributed by atoms with E-state index in [2.05, 4.69) is 10.2 Å². The van der Waals surface area contributed by atoms with Gasteiger partial charge in [0.2, 0.25) is 5.91 Å². The van der Waals surface area contributed by atoms with Crippen LogP contribution in [0.3, 0.4) is 0 Å². The number of nitrogens with one attached hydrogen (secondary N) is 1. The van der Waals surface area contributed by atoms with Crippen molar-refractivity contribution in [2.45, 2.75) is 25.4 Å². The molecule has 2 unspecified atom stereocenters. The van der Waals surface area contributed by atoms with Crippen LogP contribution in [-0.4, -0.2) is 61.1 Å². The molecule has 0 aromatic carbocycles. The maximum atomic E-state index is 11.5. The highest BCUT2D eigenvalue weighted by atomic mass is 32.2. The summed E-state index contributed by atoms with van der Waals surface area (Å²) in [4.78, 5) is 24.7. The van der Waals surface area contributed by atoms with Gasteiger partial charge in [0.1, 0.15) is 6.04 Å². The second-order valence-corrected chi connectivity index (χ2v) is 5.38. The summed E-state index contributed by atoms with van der Waals surface area (Å²) in [7, 11) is 3.32. The Morgan fingerprint density at radius 2 is 2.29 bits per heavy atom. The molecular formula is C11H20N2O3S. The number of amides is 1. The lowest BCUT2D eigenvalue weighted by molar-refractivity contribution is -0.145. The lowest BCUT2D eigenvalue weighted by atomic mass is 10.2. The summed E-state index contributed by atoms with van der Waals surface area (Å²) in [6, 6.07) is -0.0889. The van der Waals surface area contributed by atoms with Gasteiger partial charge in [0.05, 0.1) is 7.11 Å². The van der Waals surface area contributed by atoms with Crippen LogP contribution >= 0.6 is 11.8 Å². The molecule has 6 heteroatoms. The average molecular weight is 260 g/mol. The van der Waals surface area contributed by atoms with Crippen LogP contribution in [0, 0.1) is 0 Å². The van der Waals surface area contributed by atoms with Gasteiger partial charge in [-0.3, -0.25) is 9.69 Å². The monoisotopic (exact) mass is 260 g/mol. The number of hydrogen-bond acceptors (Lipinski definition) is 5. The van der Waals surface area contributed by atoms with E-state index in [4.69, 9.17) is 4.74 Å². The second kappa shape index (κ2) is 6.86. The van der Waals surface area contributed by atoms with Gasteiger partial charge < -0.3 is 10.1 Å². The van der Waals surface area contributed by atoms with Crippen LogP contribution in [0.5, 0.6) is 0 Å². The molecule has 0 saturated carbocycles. The smallest absolute Gasteiger partial charge is 0.329 e. The summed E-state index contributed by atoms with van der Waals surface area (Å²) in [5.41, 5.74) is 0. The van der Waals surface area contributed by atoms with Gasteiger partial charge >= 0.3 is 5.97 Å². The normalized spacial score (nSPS) is 21.3. The number of thioether (sulfide) groups is 1. The number of carbonyl (C=O) groups is 2. The van der Waals surface area contributed by atoms with Crippen LogP contribution < -0.4 is 5.32 Å². The summed E-state index contributed by atoms with van der Waals surface area (Å²) in [6.45, 7) is 1.90. The molecule has 1 aliphatic heterocycles. The molecule has 1 amide bonds. The lowest BCUT2D eigenvalue weighted by Crippen LogP contribution is -2.49. The third-order valence-electron chi connectivity index (χ3n) is 2.86. The largest absolute Gasteiger partial charge is 0.467 e. The fourth-order valence-corrected chi connectivity index (χ4v) is 3.17. The Kier molecular flexibility index (Phi) is 5.77. The van der Waals surface area contributed by atoms with Crippen molar-refractivity contribution in [3.63, 3.8) is 0 Å². The van der Waals surface area contributed by atoms with Crippen molar-refractivity contribution in [3.05, 3.63) is 0 Å². The molecule has 1 saturated heterocycles. The topological polar surface area (TPSA) is 58.6 Å². The Morgan fingerprint density at radius 3 is 2.76 bits per heavy atom. The molecule has 0 aromatic rings. The zero-order valence-corrected chi connectivity index (χ0v) is 11.4. The Balaban J connectivity index is 2.51. The molecule has 0 aliphatic carbocycles. The number of rotatable bonds is 5. The van der Waals surface area contributed by atoms with E-state index in [0.717, 1.165) is 17.9 Å². The van der Waals surface area contributed by atoms with Crippen molar-refractivity contribution in [3.8, 4) is 0 Å². The van der Waals surface area contributed by atoms with Crippen LogP contribution in [-0.2, 0) is 14.3 Å². The van der Waals surface area contributed by atoms with Crippen molar-refractivity contribution in [1.82, 2.24) is 10.2 Å². The predicted octanol–water partition coefficient (Wildman–Crippen LogP) is 0.101. The van der Waals surface area contributed by atoms with Gasteiger partial charge in [0.25, 0.3) is 0 Å². The minimum atomic E-state index is -0.576. The van der Waals surface area contributed by atoms with Crippen molar-refractivity contribution in [2.75, 3.05) is 32.2 Å². The molecular weight excluding hydrogens is 240 g/mol. The predicted molar refractivity (Wildman–Crippen MR) is 68.0 cm³/mol. The molecule has 17 heavy (non-hydrogen) atoms. The minimum absolute atomic E-state index is 0.213. The van der Waals surface area contributed by atoms with Gasteiger partial charge in [0.15, 0.2) is 0 Å². The average Bonchev–Trinajstić information content (AvgIpc) is 2.79. The first-order valence-corrected chi connectivity index (χ1v) is 6.83.